The summed E-state index contributed by atoms with van der Waals surface area (Å²) in [6, 6.07) is 8.67. The summed E-state index contributed by atoms with van der Waals surface area (Å²) in [5, 5.41) is 11.8. The quantitative estimate of drug-likeness (QED) is 0.861. The third-order valence-corrected chi connectivity index (χ3v) is 4.26. The monoisotopic (exact) mass is 304 g/mol. The predicted octanol–water partition coefficient (Wildman–Crippen LogP) is 3.30. The zero-order valence-corrected chi connectivity index (χ0v) is 14.3. The first-order valence-corrected chi connectivity index (χ1v) is 8.15. The van der Waals surface area contributed by atoms with Crippen molar-refractivity contribution in [3.63, 3.8) is 0 Å². The first-order valence-electron chi connectivity index (χ1n) is 7.17. The van der Waals surface area contributed by atoms with Crippen molar-refractivity contribution in [2.24, 2.45) is 7.05 Å². The second-order valence-electron chi connectivity index (χ2n) is 6.26. The Labute approximate surface area is 131 Å². The molecule has 0 bridgehead atoms. The van der Waals surface area contributed by atoms with Crippen LogP contribution in [-0.4, -0.2) is 20.3 Å². The lowest BCUT2D eigenvalue weighted by atomic mass is 10.1. The Bertz CT molecular complexity index is 599. The summed E-state index contributed by atoms with van der Waals surface area (Å²) in [7, 11) is 2.01. The van der Waals surface area contributed by atoms with Crippen LogP contribution in [0, 0.1) is 6.92 Å². The Morgan fingerprint density at radius 3 is 2.62 bits per heavy atom. The van der Waals surface area contributed by atoms with E-state index in [0.29, 0.717) is 0 Å². The van der Waals surface area contributed by atoms with Crippen LogP contribution in [0.15, 0.2) is 29.2 Å². The van der Waals surface area contributed by atoms with Crippen molar-refractivity contribution in [2.75, 3.05) is 0 Å². The molecule has 21 heavy (non-hydrogen) atoms. The molecule has 0 amide bonds. The maximum absolute atomic E-state index is 4.20. The van der Waals surface area contributed by atoms with Gasteiger partial charge in [0.15, 0.2) is 0 Å². The molecule has 5 heteroatoms. The maximum Gasteiger partial charge on any atom is 0.143 e. The fourth-order valence-electron chi connectivity index (χ4n) is 1.84. The number of nitrogens with zero attached hydrogens (tertiary/aromatic N) is 3. The molecule has 1 aromatic heterocycles. The number of aromatic nitrogens is 3. The molecule has 0 atom stereocenters. The van der Waals surface area contributed by atoms with E-state index in [4.69, 9.17) is 0 Å². The molecule has 0 aliphatic rings. The van der Waals surface area contributed by atoms with Gasteiger partial charge in [0, 0.05) is 24.0 Å². The molecule has 0 spiro atoms. The molecule has 0 aliphatic carbocycles. The molecule has 0 saturated heterocycles. The highest BCUT2D eigenvalue weighted by Crippen LogP contribution is 2.23. The van der Waals surface area contributed by atoms with Crippen LogP contribution < -0.4 is 5.32 Å². The van der Waals surface area contributed by atoms with E-state index < -0.39 is 0 Å². The average molecular weight is 304 g/mol. The first kappa shape index (κ1) is 16.0. The zero-order valence-electron chi connectivity index (χ0n) is 13.5. The molecule has 0 fully saturated rings. The summed E-state index contributed by atoms with van der Waals surface area (Å²) in [5.74, 6) is 2.80. The topological polar surface area (TPSA) is 42.7 Å². The molecule has 1 aromatic carbocycles. The van der Waals surface area contributed by atoms with Gasteiger partial charge in [0.25, 0.3) is 0 Å². The van der Waals surface area contributed by atoms with Gasteiger partial charge in [0.05, 0.1) is 5.75 Å². The fourth-order valence-corrected chi connectivity index (χ4v) is 2.79. The number of nitrogens with one attached hydrogen (secondary N) is 1. The molecule has 4 nitrogen and oxygen atoms in total. The van der Waals surface area contributed by atoms with E-state index >= 15 is 0 Å². The normalized spacial score (nSPS) is 11.9. The summed E-state index contributed by atoms with van der Waals surface area (Å²) in [6.07, 6.45) is 0. The Hall–Kier alpha value is -1.33. The maximum atomic E-state index is 4.20. The van der Waals surface area contributed by atoms with Crippen LogP contribution in [0.25, 0.3) is 0 Å². The molecule has 1 N–H and O–H groups in total. The Morgan fingerprint density at radius 2 is 2.00 bits per heavy atom. The number of benzene rings is 1. The average Bonchev–Trinajstić information content (AvgIpc) is 2.74. The SMILES string of the molecule is Cc1nnc(CSc2cccc(CNC(C)(C)C)c2)n1C. The molecule has 0 saturated carbocycles. The van der Waals surface area contributed by atoms with E-state index in [9.17, 15) is 0 Å². The van der Waals surface area contributed by atoms with E-state index in [2.05, 4.69) is 60.6 Å². The number of hydrogen-bond acceptors (Lipinski definition) is 4. The van der Waals surface area contributed by atoms with Crippen molar-refractivity contribution in [3.05, 3.63) is 41.5 Å². The number of aryl methyl sites for hydroxylation is 1. The molecule has 2 rings (SSSR count). The van der Waals surface area contributed by atoms with Gasteiger partial charge in [-0.15, -0.1) is 22.0 Å². The van der Waals surface area contributed by atoms with Gasteiger partial charge < -0.3 is 9.88 Å². The van der Waals surface area contributed by atoms with Crippen LogP contribution in [0.3, 0.4) is 0 Å². The minimum atomic E-state index is 0.138. The smallest absolute Gasteiger partial charge is 0.143 e. The lowest BCUT2D eigenvalue weighted by Gasteiger charge is -2.20. The fraction of sp³-hybridized carbons (Fsp3) is 0.500. The van der Waals surface area contributed by atoms with E-state index in [0.717, 1.165) is 23.9 Å². The Morgan fingerprint density at radius 1 is 1.24 bits per heavy atom. The van der Waals surface area contributed by atoms with Gasteiger partial charge in [-0.3, -0.25) is 0 Å². The third kappa shape index (κ3) is 4.86. The largest absolute Gasteiger partial charge is 0.318 e. The molecular weight excluding hydrogens is 280 g/mol. The van der Waals surface area contributed by atoms with E-state index in [1.807, 2.05) is 18.5 Å². The van der Waals surface area contributed by atoms with Crippen LogP contribution in [-0.2, 0) is 19.3 Å². The molecule has 0 radical (unpaired) electrons. The van der Waals surface area contributed by atoms with Crippen LogP contribution in [0.4, 0.5) is 0 Å². The van der Waals surface area contributed by atoms with Crippen molar-refractivity contribution in [1.29, 1.82) is 0 Å². The van der Waals surface area contributed by atoms with Gasteiger partial charge in [0.2, 0.25) is 0 Å². The second kappa shape index (κ2) is 6.62. The minimum absolute atomic E-state index is 0.138. The number of hydrogen-bond donors (Lipinski definition) is 1. The highest BCUT2D eigenvalue weighted by atomic mass is 32.2. The lowest BCUT2D eigenvalue weighted by Crippen LogP contribution is -2.35. The standard InChI is InChI=1S/C16H24N4S/c1-12-18-19-15(20(12)5)11-21-14-8-6-7-13(9-14)10-17-16(2,3)4/h6-9,17H,10-11H2,1-5H3. The van der Waals surface area contributed by atoms with E-state index in [-0.39, 0.29) is 5.54 Å². The van der Waals surface area contributed by atoms with E-state index in [1.54, 1.807) is 11.8 Å². The van der Waals surface area contributed by atoms with Crippen molar-refractivity contribution >= 4 is 11.8 Å². The highest BCUT2D eigenvalue weighted by Gasteiger charge is 2.09. The summed E-state index contributed by atoms with van der Waals surface area (Å²) in [6.45, 7) is 9.41. The van der Waals surface area contributed by atoms with Crippen LogP contribution in [0.2, 0.25) is 0 Å². The Balaban J connectivity index is 1.96. The van der Waals surface area contributed by atoms with Gasteiger partial charge in [-0.1, -0.05) is 12.1 Å². The van der Waals surface area contributed by atoms with Crippen LogP contribution in [0.5, 0.6) is 0 Å². The zero-order chi connectivity index (χ0) is 15.5. The van der Waals surface area contributed by atoms with Crippen molar-refractivity contribution in [2.45, 2.75) is 50.4 Å². The van der Waals surface area contributed by atoms with Crippen molar-refractivity contribution in [1.82, 2.24) is 20.1 Å². The molecule has 0 aliphatic heterocycles. The highest BCUT2D eigenvalue weighted by molar-refractivity contribution is 7.98. The lowest BCUT2D eigenvalue weighted by molar-refractivity contribution is 0.424. The predicted molar refractivity (Wildman–Crippen MR) is 88.3 cm³/mol. The molecule has 0 unspecified atom stereocenters. The van der Waals surface area contributed by atoms with Gasteiger partial charge in [-0.2, -0.15) is 0 Å². The molecule has 114 valence electrons. The van der Waals surface area contributed by atoms with Crippen molar-refractivity contribution < 1.29 is 0 Å². The minimum Gasteiger partial charge on any atom is -0.318 e. The summed E-state index contributed by atoms with van der Waals surface area (Å²) in [5.41, 5.74) is 1.45. The Kier molecular flexibility index (Phi) is 5.06. The number of rotatable bonds is 5. The summed E-state index contributed by atoms with van der Waals surface area (Å²) < 4.78 is 2.04. The van der Waals surface area contributed by atoms with Crippen LogP contribution >= 0.6 is 11.8 Å². The number of thioether (sulfide) groups is 1. The molecular formula is C16H24N4S. The molecule has 2 aromatic rings. The third-order valence-electron chi connectivity index (χ3n) is 3.27. The van der Waals surface area contributed by atoms with Gasteiger partial charge >= 0.3 is 0 Å². The van der Waals surface area contributed by atoms with Crippen molar-refractivity contribution in [3.8, 4) is 0 Å². The molecule has 1 heterocycles. The summed E-state index contributed by atoms with van der Waals surface area (Å²) >= 11 is 1.80. The van der Waals surface area contributed by atoms with Crippen LogP contribution in [0.1, 0.15) is 38.0 Å². The van der Waals surface area contributed by atoms with Gasteiger partial charge in [-0.05, 0) is 45.4 Å². The van der Waals surface area contributed by atoms with E-state index in [1.165, 1.54) is 10.5 Å². The van der Waals surface area contributed by atoms with Gasteiger partial charge in [-0.25, -0.2) is 0 Å². The van der Waals surface area contributed by atoms with Gasteiger partial charge in [0.1, 0.15) is 11.6 Å². The second-order valence-corrected chi connectivity index (χ2v) is 7.31. The first-order chi connectivity index (χ1) is 9.85. The summed E-state index contributed by atoms with van der Waals surface area (Å²) in [4.78, 5) is 1.27.